The first-order valence-corrected chi connectivity index (χ1v) is 7.79. The van der Waals surface area contributed by atoms with E-state index in [1.54, 1.807) is 24.3 Å². The highest BCUT2D eigenvalue weighted by atomic mass is 79.9. The van der Waals surface area contributed by atoms with Gasteiger partial charge in [-0.05, 0) is 41.1 Å². The summed E-state index contributed by atoms with van der Waals surface area (Å²) in [6.45, 7) is 0. The number of hydrogen-bond acceptors (Lipinski definition) is 1. The molecule has 0 bridgehead atoms. The van der Waals surface area contributed by atoms with Crippen LogP contribution in [0.5, 0.6) is 0 Å². The number of carbonyl (C=O) groups excluding carboxylic acids is 1. The van der Waals surface area contributed by atoms with Crippen molar-refractivity contribution in [1.82, 2.24) is 0 Å². The molecule has 0 heterocycles. The molecule has 21 heavy (non-hydrogen) atoms. The quantitative estimate of drug-likeness (QED) is 0.488. The van der Waals surface area contributed by atoms with E-state index in [0.717, 1.165) is 15.2 Å². The average Bonchev–Trinajstić information content (AvgIpc) is 2.49. The van der Waals surface area contributed by atoms with Crippen molar-refractivity contribution in [2.24, 2.45) is 0 Å². The van der Waals surface area contributed by atoms with Gasteiger partial charge in [0.05, 0.1) is 10.0 Å². The maximum absolute atomic E-state index is 12.6. The molecule has 0 spiro atoms. The van der Waals surface area contributed by atoms with Gasteiger partial charge in [-0.1, -0.05) is 63.4 Å². The maximum atomic E-state index is 12.6. The van der Waals surface area contributed by atoms with Gasteiger partial charge in [-0.25, -0.2) is 0 Å². The Morgan fingerprint density at radius 1 is 0.905 bits per heavy atom. The Hall–Kier alpha value is -1.35. The zero-order valence-corrected chi connectivity index (χ0v) is 13.8. The molecular weight excluding hydrogens is 371 g/mol. The topological polar surface area (TPSA) is 17.1 Å². The standard InChI is InChI=1S/C17H9BrCl2O/c18-13-7-6-10-8-12(5-4-11(10)9-13)17(21)14-2-1-3-15(19)16(14)20/h1-9H. The Morgan fingerprint density at radius 3 is 2.43 bits per heavy atom. The van der Waals surface area contributed by atoms with Crippen molar-refractivity contribution in [3.05, 3.63) is 80.2 Å². The Balaban J connectivity index is 2.09. The monoisotopic (exact) mass is 378 g/mol. The molecule has 3 aromatic rings. The molecule has 0 radical (unpaired) electrons. The lowest BCUT2D eigenvalue weighted by Crippen LogP contribution is -2.02. The average molecular weight is 380 g/mol. The SMILES string of the molecule is O=C(c1ccc2cc(Br)ccc2c1)c1cccc(Cl)c1Cl. The van der Waals surface area contributed by atoms with Crippen LogP contribution in [0.3, 0.4) is 0 Å². The highest BCUT2D eigenvalue weighted by Gasteiger charge is 2.15. The molecule has 0 aliphatic heterocycles. The second kappa shape index (κ2) is 5.80. The highest BCUT2D eigenvalue weighted by molar-refractivity contribution is 9.10. The van der Waals surface area contributed by atoms with Gasteiger partial charge >= 0.3 is 0 Å². The van der Waals surface area contributed by atoms with Crippen molar-refractivity contribution in [3.63, 3.8) is 0 Å². The molecule has 0 aromatic heterocycles. The summed E-state index contributed by atoms with van der Waals surface area (Å²) in [5.74, 6) is -0.132. The maximum Gasteiger partial charge on any atom is 0.194 e. The number of ketones is 1. The van der Waals surface area contributed by atoms with Crippen LogP contribution < -0.4 is 0 Å². The molecule has 1 nitrogen and oxygen atoms in total. The van der Waals surface area contributed by atoms with Gasteiger partial charge in [0.1, 0.15) is 0 Å². The van der Waals surface area contributed by atoms with Gasteiger partial charge in [-0.2, -0.15) is 0 Å². The lowest BCUT2D eigenvalue weighted by atomic mass is 10.00. The van der Waals surface area contributed by atoms with Crippen LogP contribution in [0.15, 0.2) is 59.1 Å². The van der Waals surface area contributed by atoms with Gasteiger partial charge in [-0.15, -0.1) is 0 Å². The largest absolute Gasteiger partial charge is 0.289 e. The molecule has 0 atom stereocenters. The van der Waals surface area contributed by atoms with Crippen LogP contribution in [-0.4, -0.2) is 5.78 Å². The number of halogens is 3. The van der Waals surface area contributed by atoms with Crippen LogP contribution in [0.25, 0.3) is 10.8 Å². The predicted molar refractivity (Wildman–Crippen MR) is 91.5 cm³/mol. The van der Waals surface area contributed by atoms with Crippen LogP contribution in [0, 0.1) is 0 Å². The Kier molecular flexibility index (Phi) is 4.03. The van der Waals surface area contributed by atoms with Gasteiger partial charge in [0.15, 0.2) is 5.78 Å². The Labute approximate surface area is 140 Å². The van der Waals surface area contributed by atoms with Crippen LogP contribution in [0.4, 0.5) is 0 Å². The fraction of sp³-hybridized carbons (Fsp3) is 0. The molecule has 0 unspecified atom stereocenters. The summed E-state index contributed by atoms with van der Waals surface area (Å²) in [6.07, 6.45) is 0. The van der Waals surface area contributed by atoms with Crippen molar-refractivity contribution in [2.75, 3.05) is 0 Å². The minimum Gasteiger partial charge on any atom is -0.289 e. The zero-order chi connectivity index (χ0) is 15.0. The first kappa shape index (κ1) is 14.6. The second-order valence-corrected chi connectivity index (χ2v) is 6.34. The summed E-state index contributed by atoms with van der Waals surface area (Å²) >= 11 is 15.5. The lowest BCUT2D eigenvalue weighted by Gasteiger charge is -2.06. The van der Waals surface area contributed by atoms with E-state index in [2.05, 4.69) is 15.9 Å². The molecule has 104 valence electrons. The summed E-state index contributed by atoms with van der Waals surface area (Å²) in [5, 5.41) is 2.74. The van der Waals surface area contributed by atoms with E-state index in [4.69, 9.17) is 23.2 Å². The Morgan fingerprint density at radius 2 is 1.62 bits per heavy atom. The molecule has 0 saturated heterocycles. The first-order valence-electron chi connectivity index (χ1n) is 6.24. The van der Waals surface area contributed by atoms with Crippen molar-refractivity contribution >= 4 is 55.7 Å². The van der Waals surface area contributed by atoms with Gasteiger partial charge in [-0.3, -0.25) is 4.79 Å². The fourth-order valence-electron chi connectivity index (χ4n) is 2.19. The molecular formula is C17H9BrCl2O. The highest BCUT2D eigenvalue weighted by Crippen LogP contribution is 2.28. The van der Waals surface area contributed by atoms with E-state index in [0.29, 0.717) is 21.2 Å². The van der Waals surface area contributed by atoms with Gasteiger partial charge < -0.3 is 0 Å². The van der Waals surface area contributed by atoms with Crippen LogP contribution >= 0.6 is 39.1 Å². The van der Waals surface area contributed by atoms with E-state index >= 15 is 0 Å². The first-order chi connectivity index (χ1) is 10.1. The second-order valence-electron chi connectivity index (χ2n) is 4.64. The molecule has 4 heteroatoms. The number of rotatable bonds is 2. The van der Waals surface area contributed by atoms with Crippen molar-refractivity contribution in [1.29, 1.82) is 0 Å². The summed E-state index contributed by atoms with van der Waals surface area (Å²) in [4.78, 5) is 12.6. The third-order valence-corrected chi connectivity index (χ3v) is 4.57. The molecule has 0 aliphatic rings. The number of fused-ring (bicyclic) bond motifs is 1. The molecule has 0 N–H and O–H groups in total. The van der Waals surface area contributed by atoms with E-state index in [1.807, 2.05) is 30.3 Å². The van der Waals surface area contributed by atoms with E-state index in [9.17, 15) is 4.79 Å². The zero-order valence-electron chi connectivity index (χ0n) is 10.7. The summed E-state index contributed by atoms with van der Waals surface area (Å²) in [5.41, 5.74) is 1.01. The summed E-state index contributed by atoms with van der Waals surface area (Å²) < 4.78 is 1.01. The molecule has 3 rings (SSSR count). The van der Waals surface area contributed by atoms with Crippen molar-refractivity contribution in [2.45, 2.75) is 0 Å². The minimum atomic E-state index is -0.132. The van der Waals surface area contributed by atoms with E-state index in [1.165, 1.54) is 0 Å². The summed E-state index contributed by atoms with van der Waals surface area (Å²) in [7, 11) is 0. The Bertz CT molecular complexity index is 859. The van der Waals surface area contributed by atoms with Crippen molar-refractivity contribution in [3.8, 4) is 0 Å². The number of benzene rings is 3. The molecule has 0 aliphatic carbocycles. The van der Waals surface area contributed by atoms with Gasteiger partial charge in [0, 0.05) is 15.6 Å². The van der Waals surface area contributed by atoms with Gasteiger partial charge in [0.2, 0.25) is 0 Å². The molecule has 3 aromatic carbocycles. The van der Waals surface area contributed by atoms with Crippen molar-refractivity contribution < 1.29 is 4.79 Å². The smallest absolute Gasteiger partial charge is 0.194 e. The predicted octanol–water partition coefficient (Wildman–Crippen LogP) is 6.14. The molecule has 0 saturated carbocycles. The molecule has 0 amide bonds. The van der Waals surface area contributed by atoms with Crippen LogP contribution in [0.2, 0.25) is 10.0 Å². The van der Waals surface area contributed by atoms with Gasteiger partial charge in [0.25, 0.3) is 0 Å². The molecule has 0 fully saturated rings. The van der Waals surface area contributed by atoms with E-state index in [-0.39, 0.29) is 5.78 Å². The minimum absolute atomic E-state index is 0.132. The lowest BCUT2D eigenvalue weighted by molar-refractivity contribution is 0.103. The number of hydrogen-bond donors (Lipinski definition) is 0. The fourth-order valence-corrected chi connectivity index (χ4v) is 2.96. The number of carbonyl (C=O) groups is 1. The third kappa shape index (κ3) is 2.84. The summed E-state index contributed by atoms with van der Waals surface area (Å²) in [6, 6.07) is 16.6. The third-order valence-electron chi connectivity index (χ3n) is 3.26. The normalized spacial score (nSPS) is 10.8. The van der Waals surface area contributed by atoms with Crippen LogP contribution in [-0.2, 0) is 0 Å². The van der Waals surface area contributed by atoms with E-state index < -0.39 is 0 Å². The van der Waals surface area contributed by atoms with Crippen LogP contribution in [0.1, 0.15) is 15.9 Å².